The lowest BCUT2D eigenvalue weighted by atomic mass is 10.2. The first kappa shape index (κ1) is 12.4. The van der Waals surface area contributed by atoms with Crippen molar-refractivity contribution in [2.24, 2.45) is 0 Å². The Morgan fingerprint density at radius 3 is 3.42 bits per heavy atom. The van der Waals surface area contributed by atoms with Gasteiger partial charge in [0.2, 0.25) is 0 Å². The minimum Gasteiger partial charge on any atom is -0.380 e. The molecule has 2 atom stereocenters. The van der Waals surface area contributed by atoms with Crippen LogP contribution in [-0.4, -0.2) is 48.3 Å². The van der Waals surface area contributed by atoms with Crippen molar-refractivity contribution in [3.8, 4) is 6.07 Å². The molecule has 2 unspecified atom stereocenters. The van der Waals surface area contributed by atoms with E-state index in [0.29, 0.717) is 11.7 Å². The second-order valence-corrected chi connectivity index (χ2v) is 5.14. The van der Waals surface area contributed by atoms with Gasteiger partial charge in [-0.15, -0.1) is 0 Å². The topological polar surface area (TPSA) is 61.2 Å². The van der Waals surface area contributed by atoms with E-state index in [1.165, 1.54) is 19.4 Å². The summed E-state index contributed by atoms with van der Waals surface area (Å²) in [6.45, 7) is 3.74. The number of hydrogen-bond acceptors (Lipinski definition) is 5. The molecular formula is C14H18N4O. The molecule has 0 spiro atoms. The largest absolute Gasteiger partial charge is 0.380 e. The summed E-state index contributed by atoms with van der Waals surface area (Å²) in [5, 5.41) is 12.3. The Hall–Kier alpha value is -1.64. The van der Waals surface area contributed by atoms with Crippen LogP contribution in [0.15, 0.2) is 18.3 Å². The molecule has 2 fully saturated rings. The van der Waals surface area contributed by atoms with Crippen molar-refractivity contribution in [2.75, 3.05) is 31.6 Å². The predicted molar refractivity (Wildman–Crippen MR) is 71.8 cm³/mol. The molecule has 1 aromatic rings. The Labute approximate surface area is 113 Å². The number of nitrogens with one attached hydrogen (secondary N) is 1. The summed E-state index contributed by atoms with van der Waals surface area (Å²) in [5.74, 6) is 0. The van der Waals surface area contributed by atoms with Crippen LogP contribution in [0.1, 0.15) is 18.5 Å². The molecule has 0 saturated carbocycles. The smallest absolute Gasteiger partial charge is 0.163 e. The highest BCUT2D eigenvalue weighted by atomic mass is 16.5. The number of nitriles is 1. The van der Waals surface area contributed by atoms with E-state index in [4.69, 9.17) is 10.00 Å². The highest BCUT2D eigenvalue weighted by Gasteiger charge is 2.31. The van der Waals surface area contributed by atoms with Gasteiger partial charge >= 0.3 is 0 Å². The number of nitrogens with zero attached hydrogens (tertiary/aromatic N) is 3. The molecule has 19 heavy (non-hydrogen) atoms. The summed E-state index contributed by atoms with van der Waals surface area (Å²) >= 11 is 0. The molecule has 0 bridgehead atoms. The average molecular weight is 258 g/mol. The van der Waals surface area contributed by atoms with Crippen molar-refractivity contribution in [3.05, 3.63) is 24.0 Å². The monoisotopic (exact) mass is 258 g/mol. The van der Waals surface area contributed by atoms with E-state index >= 15 is 0 Å². The normalized spacial score (nSPS) is 26.7. The van der Waals surface area contributed by atoms with Crippen molar-refractivity contribution in [2.45, 2.75) is 25.0 Å². The molecule has 0 aliphatic carbocycles. The Balaban J connectivity index is 1.56. The van der Waals surface area contributed by atoms with Gasteiger partial charge in [-0.1, -0.05) is 0 Å². The molecule has 0 radical (unpaired) electrons. The standard InChI is InChI=1S/C14H18N4O/c15-7-14-13(4-1-5-16-14)17-8-12-9-18-6-2-3-11(18)10-19-12/h1,4-5,11-12,17H,2-3,6,8-10H2. The maximum Gasteiger partial charge on any atom is 0.163 e. The molecule has 100 valence electrons. The summed E-state index contributed by atoms with van der Waals surface area (Å²) in [6.07, 6.45) is 4.38. The lowest BCUT2D eigenvalue weighted by molar-refractivity contribution is -0.0415. The maximum absolute atomic E-state index is 8.99. The summed E-state index contributed by atoms with van der Waals surface area (Å²) < 4.78 is 5.88. The highest BCUT2D eigenvalue weighted by Crippen LogP contribution is 2.22. The number of rotatable bonds is 3. The van der Waals surface area contributed by atoms with Crippen LogP contribution in [0.5, 0.6) is 0 Å². The third kappa shape index (κ3) is 2.70. The molecule has 5 nitrogen and oxygen atoms in total. The minimum atomic E-state index is 0.195. The second-order valence-electron chi connectivity index (χ2n) is 5.14. The average Bonchev–Trinajstić information content (AvgIpc) is 2.93. The molecule has 0 amide bonds. The van der Waals surface area contributed by atoms with Gasteiger partial charge in [0.15, 0.2) is 5.69 Å². The number of ether oxygens (including phenoxy) is 1. The number of pyridine rings is 1. The van der Waals surface area contributed by atoms with E-state index in [1.807, 2.05) is 12.1 Å². The SMILES string of the molecule is N#Cc1ncccc1NCC1CN2CCCC2CO1. The van der Waals surface area contributed by atoms with Crippen LogP contribution < -0.4 is 5.32 Å². The highest BCUT2D eigenvalue weighted by molar-refractivity contribution is 5.53. The van der Waals surface area contributed by atoms with Gasteiger partial charge in [-0.2, -0.15) is 5.26 Å². The summed E-state index contributed by atoms with van der Waals surface area (Å²) in [5.41, 5.74) is 1.23. The Morgan fingerprint density at radius 1 is 1.58 bits per heavy atom. The van der Waals surface area contributed by atoms with Crippen molar-refractivity contribution in [3.63, 3.8) is 0 Å². The molecule has 3 rings (SSSR count). The molecule has 2 aliphatic rings. The van der Waals surface area contributed by atoms with Crippen LogP contribution in [0.2, 0.25) is 0 Å². The van der Waals surface area contributed by atoms with E-state index in [-0.39, 0.29) is 6.10 Å². The predicted octanol–water partition coefficient (Wildman–Crippen LogP) is 1.23. The number of anilines is 1. The van der Waals surface area contributed by atoms with Crippen LogP contribution >= 0.6 is 0 Å². The van der Waals surface area contributed by atoms with Crippen LogP contribution in [0.3, 0.4) is 0 Å². The molecule has 2 saturated heterocycles. The fraction of sp³-hybridized carbons (Fsp3) is 0.571. The van der Waals surface area contributed by atoms with Crippen molar-refractivity contribution < 1.29 is 4.74 Å². The third-order valence-corrected chi connectivity index (χ3v) is 3.90. The zero-order chi connectivity index (χ0) is 13.1. The van der Waals surface area contributed by atoms with E-state index in [1.54, 1.807) is 6.20 Å². The molecule has 5 heteroatoms. The van der Waals surface area contributed by atoms with Crippen LogP contribution in [0.25, 0.3) is 0 Å². The maximum atomic E-state index is 8.99. The quantitative estimate of drug-likeness (QED) is 0.883. The Morgan fingerprint density at radius 2 is 2.53 bits per heavy atom. The third-order valence-electron chi connectivity index (χ3n) is 3.90. The first-order chi connectivity index (χ1) is 9.36. The van der Waals surface area contributed by atoms with Crippen LogP contribution in [-0.2, 0) is 4.74 Å². The Bertz CT molecular complexity index is 485. The van der Waals surface area contributed by atoms with Gasteiger partial charge in [-0.25, -0.2) is 4.98 Å². The molecule has 1 aromatic heterocycles. The van der Waals surface area contributed by atoms with Gasteiger partial charge in [0, 0.05) is 25.3 Å². The molecule has 2 aliphatic heterocycles. The fourth-order valence-electron chi connectivity index (χ4n) is 2.87. The lowest BCUT2D eigenvalue weighted by Gasteiger charge is -2.35. The second kappa shape index (κ2) is 5.55. The van der Waals surface area contributed by atoms with Gasteiger partial charge in [-0.05, 0) is 31.5 Å². The van der Waals surface area contributed by atoms with E-state index in [2.05, 4.69) is 21.3 Å². The number of hydrogen-bond donors (Lipinski definition) is 1. The molecule has 3 heterocycles. The summed E-state index contributed by atoms with van der Waals surface area (Å²) in [7, 11) is 0. The van der Waals surface area contributed by atoms with Crippen LogP contribution in [0, 0.1) is 11.3 Å². The zero-order valence-corrected chi connectivity index (χ0v) is 10.9. The van der Waals surface area contributed by atoms with Gasteiger partial charge in [-0.3, -0.25) is 4.90 Å². The summed E-state index contributed by atoms with van der Waals surface area (Å²) in [4.78, 5) is 6.56. The Kier molecular flexibility index (Phi) is 3.62. The lowest BCUT2D eigenvalue weighted by Crippen LogP contribution is -2.48. The fourth-order valence-corrected chi connectivity index (χ4v) is 2.87. The van der Waals surface area contributed by atoms with E-state index < -0.39 is 0 Å². The first-order valence-electron chi connectivity index (χ1n) is 6.81. The summed E-state index contributed by atoms with van der Waals surface area (Å²) in [6, 6.07) is 6.44. The van der Waals surface area contributed by atoms with Crippen molar-refractivity contribution in [1.82, 2.24) is 9.88 Å². The number of morpholine rings is 1. The zero-order valence-electron chi connectivity index (χ0n) is 10.9. The van der Waals surface area contributed by atoms with Gasteiger partial charge in [0.1, 0.15) is 6.07 Å². The molecule has 1 N–H and O–H groups in total. The van der Waals surface area contributed by atoms with Gasteiger partial charge in [0.25, 0.3) is 0 Å². The number of fused-ring (bicyclic) bond motifs is 1. The van der Waals surface area contributed by atoms with E-state index in [9.17, 15) is 0 Å². The molecule has 0 aromatic carbocycles. The van der Waals surface area contributed by atoms with Gasteiger partial charge < -0.3 is 10.1 Å². The van der Waals surface area contributed by atoms with Gasteiger partial charge in [0.05, 0.1) is 18.4 Å². The van der Waals surface area contributed by atoms with Crippen molar-refractivity contribution >= 4 is 5.69 Å². The first-order valence-corrected chi connectivity index (χ1v) is 6.81. The number of aromatic nitrogens is 1. The van der Waals surface area contributed by atoms with Crippen molar-refractivity contribution in [1.29, 1.82) is 5.26 Å². The minimum absolute atomic E-state index is 0.195. The van der Waals surface area contributed by atoms with Crippen LogP contribution in [0.4, 0.5) is 5.69 Å². The van der Waals surface area contributed by atoms with E-state index in [0.717, 1.165) is 25.4 Å². The molecular weight excluding hydrogens is 240 g/mol.